The molecule has 15 nitrogen and oxygen atoms in total. The molecule has 16 heteroatoms. The second-order valence-electron chi connectivity index (χ2n) is 16.2. The van der Waals surface area contributed by atoms with Crippen LogP contribution in [0.4, 0.5) is 4.79 Å². The van der Waals surface area contributed by atoms with Crippen molar-refractivity contribution < 1.29 is 48.1 Å². The number of aliphatic carboxylic acids is 1. The summed E-state index contributed by atoms with van der Waals surface area (Å²) in [6, 6.07) is 19.1. The smallest absolute Gasteiger partial charge is 0.407 e. The summed E-state index contributed by atoms with van der Waals surface area (Å²) >= 11 is 6.07. The van der Waals surface area contributed by atoms with Gasteiger partial charge in [-0.2, -0.15) is 0 Å². The van der Waals surface area contributed by atoms with Crippen LogP contribution in [0.1, 0.15) is 74.5 Å². The number of amides is 5. The number of carboxylic acids is 1. The molecule has 1 aliphatic heterocycles. The second kappa shape index (κ2) is 21.0. The zero-order valence-electron chi connectivity index (χ0n) is 36.4. The third-order valence-corrected chi connectivity index (χ3v) is 10.7. The number of hydrogen-bond donors (Lipinski definition) is 5. The van der Waals surface area contributed by atoms with Crippen molar-refractivity contribution in [2.45, 2.75) is 83.1 Å². The highest BCUT2D eigenvalue weighted by Crippen LogP contribution is 2.40. The third-order valence-electron chi connectivity index (χ3n) is 10.4. The van der Waals surface area contributed by atoms with E-state index < -0.39 is 65.5 Å². The predicted molar refractivity (Wildman–Crippen MR) is 238 cm³/mol. The van der Waals surface area contributed by atoms with E-state index in [9.17, 15) is 33.9 Å². The van der Waals surface area contributed by atoms with Gasteiger partial charge in [-0.25, -0.2) is 9.59 Å². The average molecular weight is 884 g/mol. The first-order valence-electron chi connectivity index (χ1n) is 20.5. The number of carbonyl (C=O) groups is 6. The number of unbranched alkanes of at least 4 members (excludes halogenated alkanes) is 1. The Hall–Kier alpha value is -6.61. The van der Waals surface area contributed by atoms with Crippen molar-refractivity contribution in [1.29, 1.82) is 0 Å². The quantitative estimate of drug-likeness (QED) is 0.0948. The molecule has 4 atom stereocenters. The van der Waals surface area contributed by atoms with Crippen molar-refractivity contribution in [1.82, 2.24) is 26.2 Å². The van der Waals surface area contributed by atoms with E-state index in [1.54, 1.807) is 93.6 Å². The minimum atomic E-state index is -1.38. The summed E-state index contributed by atoms with van der Waals surface area (Å²) in [6.07, 6.45) is 0.258. The van der Waals surface area contributed by atoms with Crippen LogP contribution in [0, 0.1) is 0 Å². The maximum atomic E-state index is 14.8. The number of alkyl carbamates (subject to hydrolysis) is 1. The molecule has 0 fully saturated rings. The molecule has 1 heterocycles. The fraction of sp³-hybridized carbons (Fsp3) is 0.362. The van der Waals surface area contributed by atoms with Gasteiger partial charge in [-0.15, -0.1) is 0 Å². The van der Waals surface area contributed by atoms with Crippen molar-refractivity contribution in [3.63, 3.8) is 0 Å². The molecule has 0 aromatic heterocycles. The summed E-state index contributed by atoms with van der Waals surface area (Å²) in [5.41, 5.74) is 3.23. The van der Waals surface area contributed by atoms with Crippen molar-refractivity contribution in [2.24, 2.45) is 0 Å². The molecule has 5 N–H and O–H groups in total. The van der Waals surface area contributed by atoms with E-state index in [4.69, 9.17) is 25.8 Å². The molecule has 1 aliphatic rings. The lowest BCUT2D eigenvalue weighted by atomic mass is 9.93. The fourth-order valence-electron chi connectivity index (χ4n) is 7.15. The number of rotatable bonds is 13. The number of fused-ring (bicyclic) bond motifs is 5. The third kappa shape index (κ3) is 12.5. The van der Waals surface area contributed by atoms with Gasteiger partial charge in [-0.3, -0.25) is 19.2 Å². The largest absolute Gasteiger partial charge is 0.496 e. The predicted octanol–water partition coefficient (Wildman–Crippen LogP) is 6.31. The Morgan fingerprint density at radius 1 is 0.841 bits per heavy atom. The maximum Gasteiger partial charge on any atom is 0.407 e. The summed E-state index contributed by atoms with van der Waals surface area (Å²) in [6.45, 7) is 6.91. The first-order chi connectivity index (χ1) is 29.9. The van der Waals surface area contributed by atoms with Crippen LogP contribution < -0.4 is 30.7 Å². The van der Waals surface area contributed by atoms with Crippen LogP contribution in [0.3, 0.4) is 0 Å². The van der Waals surface area contributed by atoms with E-state index in [0.29, 0.717) is 51.6 Å². The van der Waals surface area contributed by atoms with Gasteiger partial charge in [0.15, 0.2) is 0 Å². The van der Waals surface area contributed by atoms with Gasteiger partial charge in [-0.1, -0.05) is 48.0 Å². The Labute approximate surface area is 371 Å². The molecule has 0 saturated carbocycles. The number of halogens is 1. The van der Waals surface area contributed by atoms with Crippen LogP contribution in [0.25, 0.3) is 22.3 Å². The highest BCUT2D eigenvalue weighted by molar-refractivity contribution is 6.30. The van der Waals surface area contributed by atoms with Crippen LogP contribution in [-0.4, -0.2) is 97.2 Å². The lowest BCUT2D eigenvalue weighted by Crippen LogP contribution is -2.54. The van der Waals surface area contributed by atoms with Crippen LogP contribution in [0.2, 0.25) is 5.02 Å². The van der Waals surface area contributed by atoms with Crippen molar-refractivity contribution in [3.05, 3.63) is 107 Å². The zero-order valence-corrected chi connectivity index (χ0v) is 37.1. The van der Waals surface area contributed by atoms with E-state index in [2.05, 4.69) is 21.3 Å². The van der Waals surface area contributed by atoms with E-state index >= 15 is 0 Å². The monoisotopic (exact) mass is 883 g/mol. The highest BCUT2D eigenvalue weighted by Gasteiger charge is 2.36. The molecule has 0 aliphatic carbocycles. The molecule has 4 aromatic carbocycles. The second-order valence-corrected chi connectivity index (χ2v) is 16.7. The Balaban J connectivity index is 1.51. The van der Waals surface area contributed by atoms with Gasteiger partial charge in [0.1, 0.15) is 41.3 Å². The van der Waals surface area contributed by atoms with Crippen LogP contribution in [0.5, 0.6) is 11.5 Å². The SMILES string of the molecule is COc1ccc2cc1-c1cc(ccc1OC)C(N(C)C(=O)C(CCCCNC(=O)OC(C)(C)C)NC(=O)c1ccc(-c3ccc(Cl)cc3)cc1)C(=O)NC(C)C(=O)NC(C(=O)O)C2. The maximum absolute atomic E-state index is 14.8. The van der Waals surface area contributed by atoms with E-state index in [1.165, 1.54) is 33.1 Å². The van der Waals surface area contributed by atoms with E-state index in [0.717, 1.165) is 11.1 Å². The van der Waals surface area contributed by atoms with Gasteiger partial charge in [-0.05, 0) is 118 Å². The van der Waals surface area contributed by atoms with Gasteiger partial charge in [0, 0.05) is 41.7 Å². The topological polar surface area (TPSA) is 202 Å². The number of hydrogen-bond acceptors (Lipinski definition) is 9. The zero-order chi connectivity index (χ0) is 46.0. The molecule has 5 rings (SSSR count). The standard InChI is InChI=1S/C47H54ClN5O10/c1-27-41(54)52-37(45(58)59)25-28-11-21-38(61-6)34(24-28)35-26-32(18-22-39(35)62-7)40(43(56)50-27)53(5)44(57)36(10-8-9-23-49-46(60)63-47(2,3)4)51-42(55)31-14-12-29(13-15-31)30-16-19-33(48)20-17-30/h11-22,24,26-27,36-37,40H,8-10,23,25H2,1-7H3,(H,49,60)(H,50,56)(H,51,55)(H,52,54)(H,58,59). The molecule has 0 saturated heterocycles. The number of ether oxygens (including phenoxy) is 3. The molecule has 0 spiro atoms. The Bertz CT molecular complexity index is 2310. The average Bonchev–Trinajstić information content (AvgIpc) is 3.24. The summed E-state index contributed by atoms with van der Waals surface area (Å²) in [5, 5.41) is 21.4. The van der Waals surface area contributed by atoms with Gasteiger partial charge in [0.05, 0.1) is 14.2 Å². The first-order valence-corrected chi connectivity index (χ1v) is 20.9. The molecule has 4 bridgehead atoms. The molecule has 0 radical (unpaired) electrons. The summed E-state index contributed by atoms with van der Waals surface area (Å²) in [4.78, 5) is 82.4. The molecule has 4 unspecified atom stereocenters. The number of carbonyl (C=O) groups excluding carboxylic acids is 5. The van der Waals surface area contributed by atoms with Gasteiger partial charge in [0.25, 0.3) is 5.91 Å². The van der Waals surface area contributed by atoms with E-state index in [-0.39, 0.29) is 24.9 Å². The lowest BCUT2D eigenvalue weighted by molar-refractivity contribution is -0.143. The molecule has 63 heavy (non-hydrogen) atoms. The summed E-state index contributed by atoms with van der Waals surface area (Å²) in [5.74, 6) is -3.12. The number of nitrogens with one attached hydrogen (secondary N) is 4. The minimum Gasteiger partial charge on any atom is -0.496 e. The first kappa shape index (κ1) is 47.4. The molecular weight excluding hydrogens is 830 g/mol. The van der Waals surface area contributed by atoms with Gasteiger partial charge >= 0.3 is 12.1 Å². The summed E-state index contributed by atoms with van der Waals surface area (Å²) in [7, 11) is 4.38. The van der Waals surface area contributed by atoms with Crippen molar-refractivity contribution in [2.75, 3.05) is 27.8 Å². The molecule has 4 aromatic rings. The van der Waals surface area contributed by atoms with Crippen molar-refractivity contribution >= 4 is 47.3 Å². The van der Waals surface area contributed by atoms with Crippen LogP contribution in [0.15, 0.2) is 84.9 Å². The lowest BCUT2D eigenvalue weighted by Gasteiger charge is -2.32. The van der Waals surface area contributed by atoms with Gasteiger partial charge < -0.3 is 45.5 Å². The van der Waals surface area contributed by atoms with Crippen molar-refractivity contribution in [3.8, 4) is 33.8 Å². The highest BCUT2D eigenvalue weighted by atomic mass is 35.5. The summed E-state index contributed by atoms with van der Waals surface area (Å²) < 4.78 is 16.8. The molecule has 334 valence electrons. The number of methoxy groups -OCH3 is 2. The molecule has 5 amide bonds. The number of benzene rings is 4. The van der Waals surface area contributed by atoms with Crippen LogP contribution >= 0.6 is 11.6 Å². The van der Waals surface area contributed by atoms with Gasteiger partial charge in [0.2, 0.25) is 17.7 Å². The minimum absolute atomic E-state index is 0.0721. The fourth-order valence-corrected chi connectivity index (χ4v) is 7.27. The van der Waals surface area contributed by atoms with Crippen LogP contribution in [-0.2, 0) is 30.3 Å². The molecular formula is C47H54ClN5O10. The Kier molecular flexibility index (Phi) is 15.8. The Morgan fingerprint density at radius 2 is 1.44 bits per heavy atom. The Morgan fingerprint density at radius 3 is 2.05 bits per heavy atom. The number of carboxylic acid groups (broad SMARTS) is 1. The number of nitrogens with zero attached hydrogens (tertiary/aromatic N) is 1. The number of likely N-dealkylation sites (N-methyl/N-ethyl adjacent to an activating group) is 1. The normalized spacial score (nSPS) is 16.9. The van der Waals surface area contributed by atoms with E-state index in [1.807, 2.05) is 12.1 Å².